The molecule has 0 fully saturated rings. The van der Waals surface area contributed by atoms with Gasteiger partial charge in [0.15, 0.2) is 0 Å². The molecular weight excluding hydrogens is 207 g/mol. The van der Waals surface area contributed by atoms with Gasteiger partial charge in [0, 0.05) is 17.1 Å². The Morgan fingerprint density at radius 2 is 2.31 bits per heavy atom. The van der Waals surface area contributed by atoms with Crippen LogP contribution in [0.2, 0.25) is 0 Å². The summed E-state index contributed by atoms with van der Waals surface area (Å²) in [7, 11) is 0. The topological polar surface area (TPSA) is 58.9 Å². The second-order valence-corrected chi connectivity index (χ2v) is 3.84. The molecule has 4 heteroatoms. The summed E-state index contributed by atoms with van der Waals surface area (Å²) in [6.45, 7) is 0. The number of nitrogens with two attached hydrogens (primary N) is 1. The Balaban J connectivity index is 2.22. The van der Waals surface area contributed by atoms with Gasteiger partial charge in [-0.25, -0.2) is 4.39 Å². The van der Waals surface area contributed by atoms with Crippen molar-refractivity contribution in [3.63, 3.8) is 0 Å². The normalized spacial score (nSPS) is 12.9. The van der Waals surface area contributed by atoms with Crippen molar-refractivity contribution >= 4 is 17.2 Å². The number of carbonyl (C=O) groups is 1. The van der Waals surface area contributed by atoms with E-state index in [9.17, 15) is 9.18 Å². The zero-order chi connectivity index (χ0) is 11.5. The minimum absolute atomic E-state index is 0.259. The largest absolute Gasteiger partial charge is 0.361 e. The van der Waals surface area contributed by atoms with Crippen molar-refractivity contribution in [2.24, 2.45) is 5.73 Å². The summed E-state index contributed by atoms with van der Waals surface area (Å²) in [4.78, 5) is 13.4. The number of aromatic nitrogens is 1. The Hall–Kier alpha value is -1.68. The zero-order valence-corrected chi connectivity index (χ0v) is 8.74. The molecule has 16 heavy (non-hydrogen) atoms. The van der Waals surface area contributed by atoms with Crippen molar-refractivity contribution in [1.82, 2.24) is 4.98 Å². The predicted octanol–water partition coefficient (Wildman–Crippen LogP) is 1.77. The van der Waals surface area contributed by atoms with E-state index in [0.717, 1.165) is 22.8 Å². The number of aromatic amines is 1. The van der Waals surface area contributed by atoms with Gasteiger partial charge in [0.25, 0.3) is 0 Å². The van der Waals surface area contributed by atoms with Gasteiger partial charge < -0.3 is 15.5 Å². The van der Waals surface area contributed by atoms with Gasteiger partial charge >= 0.3 is 0 Å². The molecule has 2 aromatic rings. The highest BCUT2D eigenvalue weighted by Gasteiger charge is 2.06. The van der Waals surface area contributed by atoms with Gasteiger partial charge in [-0.1, -0.05) is 0 Å². The van der Waals surface area contributed by atoms with E-state index in [1.54, 1.807) is 6.07 Å². The van der Waals surface area contributed by atoms with Crippen LogP contribution in [-0.4, -0.2) is 17.3 Å². The van der Waals surface area contributed by atoms with E-state index in [0.29, 0.717) is 12.8 Å². The molecule has 1 heterocycles. The van der Waals surface area contributed by atoms with Gasteiger partial charge in [0.1, 0.15) is 12.1 Å². The molecule has 1 aromatic carbocycles. The lowest BCUT2D eigenvalue weighted by molar-refractivity contribution is -0.109. The summed E-state index contributed by atoms with van der Waals surface area (Å²) in [6, 6.07) is 4.20. The third-order valence-electron chi connectivity index (χ3n) is 2.65. The van der Waals surface area contributed by atoms with Crippen LogP contribution in [0.25, 0.3) is 10.9 Å². The molecule has 0 amide bonds. The first-order valence-electron chi connectivity index (χ1n) is 5.17. The number of benzene rings is 1. The van der Waals surface area contributed by atoms with Crippen LogP contribution in [0.15, 0.2) is 24.4 Å². The Labute approximate surface area is 92.4 Å². The van der Waals surface area contributed by atoms with Gasteiger partial charge in [-0.3, -0.25) is 0 Å². The quantitative estimate of drug-likeness (QED) is 0.771. The summed E-state index contributed by atoms with van der Waals surface area (Å²) >= 11 is 0. The molecule has 0 aliphatic rings. The van der Waals surface area contributed by atoms with Crippen LogP contribution in [0.1, 0.15) is 12.0 Å². The number of aryl methyl sites for hydroxylation is 1. The molecule has 0 radical (unpaired) electrons. The van der Waals surface area contributed by atoms with E-state index in [1.165, 1.54) is 12.1 Å². The summed E-state index contributed by atoms with van der Waals surface area (Å²) in [5.41, 5.74) is 7.35. The van der Waals surface area contributed by atoms with Crippen LogP contribution in [0.3, 0.4) is 0 Å². The van der Waals surface area contributed by atoms with Crippen molar-refractivity contribution in [1.29, 1.82) is 0 Å². The number of rotatable bonds is 4. The number of hydrogen-bond donors (Lipinski definition) is 2. The molecule has 3 nitrogen and oxygen atoms in total. The molecular formula is C12H13FN2O. The lowest BCUT2D eigenvalue weighted by Crippen LogP contribution is -2.21. The van der Waals surface area contributed by atoms with Gasteiger partial charge in [-0.2, -0.15) is 0 Å². The minimum atomic E-state index is -0.426. The molecule has 1 unspecified atom stereocenters. The van der Waals surface area contributed by atoms with Crippen molar-refractivity contribution in [2.75, 3.05) is 0 Å². The van der Waals surface area contributed by atoms with Gasteiger partial charge in [0.2, 0.25) is 0 Å². The van der Waals surface area contributed by atoms with E-state index in [2.05, 4.69) is 4.98 Å². The molecule has 0 aliphatic heterocycles. The second kappa shape index (κ2) is 4.45. The highest BCUT2D eigenvalue weighted by Crippen LogP contribution is 2.20. The Morgan fingerprint density at radius 1 is 1.50 bits per heavy atom. The number of nitrogens with one attached hydrogen (secondary N) is 1. The monoisotopic (exact) mass is 220 g/mol. The van der Waals surface area contributed by atoms with Crippen LogP contribution >= 0.6 is 0 Å². The van der Waals surface area contributed by atoms with Gasteiger partial charge in [0.05, 0.1) is 6.04 Å². The van der Waals surface area contributed by atoms with Crippen molar-refractivity contribution in [2.45, 2.75) is 18.9 Å². The summed E-state index contributed by atoms with van der Waals surface area (Å²) in [5.74, 6) is -0.259. The third-order valence-corrected chi connectivity index (χ3v) is 2.65. The predicted molar refractivity (Wildman–Crippen MR) is 60.6 cm³/mol. The second-order valence-electron chi connectivity index (χ2n) is 3.84. The highest BCUT2D eigenvalue weighted by molar-refractivity contribution is 5.83. The number of fused-ring (bicyclic) bond motifs is 1. The average Bonchev–Trinajstić information content (AvgIpc) is 2.68. The minimum Gasteiger partial charge on any atom is -0.361 e. The van der Waals surface area contributed by atoms with Crippen LogP contribution in [0.5, 0.6) is 0 Å². The third kappa shape index (κ3) is 2.12. The molecule has 84 valence electrons. The van der Waals surface area contributed by atoms with Crippen LogP contribution < -0.4 is 5.73 Å². The Kier molecular flexibility index (Phi) is 3.01. The molecule has 1 aromatic heterocycles. The van der Waals surface area contributed by atoms with E-state index in [-0.39, 0.29) is 5.82 Å². The SMILES string of the molecule is NC(C=O)CCc1c[nH]c2cc(F)ccc12. The van der Waals surface area contributed by atoms with E-state index in [4.69, 9.17) is 5.73 Å². The van der Waals surface area contributed by atoms with Crippen molar-refractivity contribution < 1.29 is 9.18 Å². The molecule has 0 saturated heterocycles. The fraction of sp³-hybridized carbons (Fsp3) is 0.250. The standard InChI is InChI=1S/C12H13FN2O/c13-9-2-4-11-8(1-3-10(14)7-16)6-15-12(11)5-9/h2,4-7,10,15H,1,3,14H2. The molecule has 3 N–H and O–H groups in total. The maximum atomic E-state index is 12.9. The summed E-state index contributed by atoms with van der Waals surface area (Å²) in [6.07, 6.45) is 3.90. The summed E-state index contributed by atoms with van der Waals surface area (Å²) in [5, 5.41) is 0.986. The van der Waals surface area contributed by atoms with Crippen molar-refractivity contribution in [3.8, 4) is 0 Å². The number of aldehydes is 1. The van der Waals surface area contributed by atoms with E-state index < -0.39 is 6.04 Å². The number of hydrogen-bond acceptors (Lipinski definition) is 2. The smallest absolute Gasteiger partial charge is 0.136 e. The zero-order valence-electron chi connectivity index (χ0n) is 8.74. The van der Waals surface area contributed by atoms with Gasteiger partial charge in [-0.15, -0.1) is 0 Å². The molecule has 1 atom stereocenters. The van der Waals surface area contributed by atoms with Gasteiger partial charge in [-0.05, 0) is 36.6 Å². The molecule has 0 aliphatic carbocycles. The Morgan fingerprint density at radius 3 is 3.06 bits per heavy atom. The van der Waals surface area contributed by atoms with E-state index >= 15 is 0 Å². The van der Waals surface area contributed by atoms with Crippen LogP contribution in [-0.2, 0) is 11.2 Å². The van der Waals surface area contributed by atoms with E-state index in [1.807, 2.05) is 6.20 Å². The first-order valence-corrected chi connectivity index (χ1v) is 5.17. The van der Waals surface area contributed by atoms with Crippen molar-refractivity contribution in [3.05, 3.63) is 35.8 Å². The maximum absolute atomic E-state index is 12.9. The average molecular weight is 220 g/mol. The Bertz CT molecular complexity index is 507. The first kappa shape index (κ1) is 10.8. The van der Waals surface area contributed by atoms with Crippen LogP contribution in [0.4, 0.5) is 4.39 Å². The fourth-order valence-electron chi connectivity index (χ4n) is 1.76. The lowest BCUT2D eigenvalue weighted by Gasteiger charge is -2.02. The molecule has 2 rings (SSSR count). The number of carbonyl (C=O) groups excluding carboxylic acids is 1. The number of halogens is 1. The molecule has 0 spiro atoms. The first-order chi connectivity index (χ1) is 7.70. The highest BCUT2D eigenvalue weighted by atomic mass is 19.1. The summed E-state index contributed by atoms with van der Waals surface area (Å²) < 4.78 is 12.9. The number of H-pyrrole nitrogens is 1. The maximum Gasteiger partial charge on any atom is 0.136 e. The molecule has 0 saturated carbocycles. The van der Waals surface area contributed by atoms with Crippen LogP contribution in [0, 0.1) is 5.82 Å². The fourth-order valence-corrected chi connectivity index (χ4v) is 1.76. The molecule has 0 bridgehead atoms. The lowest BCUT2D eigenvalue weighted by atomic mass is 10.1.